The summed E-state index contributed by atoms with van der Waals surface area (Å²) in [4.78, 5) is 36.8. The van der Waals surface area contributed by atoms with Crippen molar-refractivity contribution >= 4 is 23.5 Å². The summed E-state index contributed by atoms with van der Waals surface area (Å²) in [5.41, 5.74) is 1.45. The number of carbonyl (C=O) groups is 3. The van der Waals surface area contributed by atoms with Crippen LogP contribution in [0.4, 0.5) is 5.69 Å². The fourth-order valence-corrected chi connectivity index (χ4v) is 2.65. The third kappa shape index (κ3) is 4.44. The van der Waals surface area contributed by atoms with Gasteiger partial charge >= 0.3 is 5.97 Å². The quantitative estimate of drug-likeness (QED) is 0.808. The molecule has 2 amide bonds. The monoisotopic (exact) mass is 330 g/mol. The number of carboxylic acid groups (broad SMARTS) is 1. The Labute approximate surface area is 141 Å². The zero-order valence-corrected chi connectivity index (χ0v) is 13.9. The van der Waals surface area contributed by atoms with E-state index in [0.29, 0.717) is 24.9 Å². The maximum Gasteiger partial charge on any atom is 0.307 e. The minimum atomic E-state index is -0.947. The van der Waals surface area contributed by atoms with E-state index in [1.54, 1.807) is 44.4 Å². The highest BCUT2D eigenvalue weighted by Crippen LogP contribution is 2.27. The van der Waals surface area contributed by atoms with Gasteiger partial charge in [0.1, 0.15) is 0 Å². The molecular formula is C18H22N2O4. The maximum atomic E-state index is 12.4. The summed E-state index contributed by atoms with van der Waals surface area (Å²) in [6, 6.07) is 7.02. The third-order valence-electron chi connectivity index (χ3n) is 4.16. The Bertz CT molecular complexity index is 649. The van der Waals surface area contributed by atoms with E-state index in [-0.39, 0.29) is 11.8 Å². The molecule has 6 nitrogen and oxygen atoms in total. The lowest BCUT2D eigenvalue weighted by Gasteiger charge is -2.24. The number of likely N-dealkylation sites (N-methyl/N-ethyl adjacent to an activating group) is 1. The van der Waals surface area contributed by atoms with E-state index in [0.717, 1.165) is 5.56 Å². The number of carbonyl (C=O) groups excluding carboxylic acids is 2. The van der Waals surface area contributed by atoms with Crippen LogP contribution in [0.1, 0.15) is 18.4 Å². The number of hydrogen-bond donors (Lipinski definition) is 2. The van der Waals surface area contributed by atoms with Crippen LogP contribution < -0.4 is 5.32 Å². The molecule has 0 spiro atoms. The number of amides is 2. The molecule has 1 aliphatic carbocycles. The number of carboxylic acids is 1. The number of nitrogens with one attached hydrogen (secondary N) is 1. The van der Waals surface area contributed by atoms with Crippen molar-refractivity contribution in [1.82, 2.24) is 4.90 Å². The maximum absolute atomic E-state index is 12.4. The predicted molar refractivity (Wildman–Crippen MR) is 90.5 cm³/mol. The standard InChI is InChI=1S/C18H22N2O4/c1-20(2)16(21)11-12-7-9-13(10-8-12)19-17(22)14-5-3-4-6-15(14)18(23)24/h3-4,7-10,14-15H,5-6,11H2,1-2H3,(H,19,22)(H,23,24)/t14-,15+/m1/s1. The smallest absolute Gasteiger partial charge is 0.307 e. The zero-order valence-electron chi connectivity index (χ0n) is 13.9. The molecule has 1 aliphatic rings. The molecule has 2 rings (SSSR count). The second-order valence-corrected chi connectivity index (χ2v) is 6.15. The third-order valence-corrected chi connectivity index (χ3v) is 4.16. The number of rotatable bonds is 5. The summed E-state index contributed by atoms with van der Waals surface area (Å²) in [5, 5.41) is 12.0. The molecular weight excluding hydrogens is 308 g/mol. The highest BCUT2D eigenvalue weighted by Gasteiger charge is 2.33. The van der Waals surface area contributed by atoms with Gasteiger partial charge in [-0.3, -0.25) is 14.4 Å². The first kappa shape index (κ1) is 17.7. The SMILES string of the molecule is CN(C)C(=O)Cc1ccc(NC(=O)[C@@H]2CC=CC[C@@H]2C(=O)O)cc1. The highest BCUT2D eigenvalue weighted by molar-refractivity contribution is 5.95. The number of aliphatic carboxylic acids is 1. The number of anilines is 1. The lowest BCUT2D eigenvalue weighted by molar-refractivity contribution is -0.146. The normalized spacial score (nSPS) is 19.6. The molecule has 1 aromatic rings. The van der Waals surface area contributed by atoms with Gasteiger partial charge in [0.05, 0.1) is 18.3 Å². The van der Waals surface area contributed by atoms with Crippen LogP contribution in [-0.4, -0.2) is 41.9 Å². The average Bonchev–Trinajstić information content (AvgIpc) is 2.56. The van der Waals surface area contributed by atoms with Crippen LogP contribution in [0.25, 0.3) is 0 Å². The van der Waals surface area contributed by atoms with Crippen molar-refractivity contribution in [2.75, 3.05) is 19.4 Å². The van der Waals surface area contributed by atoms with Gasteiger partial charge in [-0.15, -0.1) is 0 Å². The van der Waals surface area contributed by atoms with Crippen molar-refractivity contribution in [2.45, 2.75) is 19.3 Å². The molecule has 6 heteroatoms. The molecule has 2 N–H and O–H groups in total. The summed E-state index contributed by atoms with van der Waals surface area (Å²) < 4.78 is 0. The zero-order chi connectivity index (χ0) is 17.7. The second kappa shape index (κ2) is 7.77. The molecule has 128 valence electrons. The van der Waals surface area contributed by atoms with Gasteiger partial charge in [0, 0.05) is 19.8 Å². The molecule has 2 atom stereocenters. The lowest BCUT2D eigenvalue weighted by Crippen LogP contribution is -2.34. The van der Waals surface area contributed by atoms with Gasteiger partial charge in [0.25, 0.3) is 0 Å². The molecule has 1 aromatic carbocycles. The van der Waals surface area contributed by atoms with Crippen molar-refractivity contribution in [2.24, 2.45) is 11.8 Å². The van der Waals surface area contributed by atoms with E-state index in [9.17, 15) is 19.5 Å². The Balaban J connectivity index is 2.00. The van der Waals surface area contributed by atoms with Gasteiger partial charge in [-0.05, 0) is 30.5 Å². The molecule has 0 unspecified atom stereocenters. The summed E-state index contributed by atoms with van der Waals surface area (Å²) in [6.07, 6.45) is 4.76. The van der Waals surface area contributed by atoms with Crippen LogP contribution in [0.15, 0.2) is 36.4 Å². The minimum absolute atomic E-state index is 0.00470. The second-order valence-electron chi connectivity index (χ2n) is 6.15. The van der Waals surface area contributed by atoms with Crippen LogP contribution >= 0.6 is 0 Å². The van der Waals surface area contributed by atoms with E-state index in [1.165, 1.54) is 4.90 Å². The molecule has 0 radical (unpaired) electrons. The Hall–Kier alpha value is -2.63. The number of benzene rings is 1. The number of nitrogens with zero attached hydrogens (tertiary/aromatic N) is 1. The number of allylic oxidation sites excluding steroid dienone is 2. The summed E-state index contributed by atoms with van der Waals surface area (Å²) >= 11 is 0. The summed E-state index contributed by atoms with van der Waals surface area (Å²) in [6.45, 7) is 0. The van der Waals surface area contributed by atoms with Gasteiger partial charge in [0.2, 0.25) is 11.8 Å². The van der Waals surface area contributed by atoms with Crippen molar-refractivity contribution in [3.05, 3.63) is 42.0 Å². The first-order chi connectivity index (χ1) is 11.4. The van der Waals surface area contributed by atoms with Crippen LogP contribution in [0, 0.1) is 11.8 Å². The van der Waals surface area contributed by atoms with Gasteiger partial charge in [-0.2, -0.15) is 0 Å². The lowest BCUT2D eigenvalue weighted by atomic mass is 9.82. The van der Waals surface area contributed by atoms with Gasteiger partial charge < -0.3 is 15.3 Å². The van der Waals surface area contributed by atoms with Crippen molar-refractivity contribution in [3.63, 3.8) is 0 Å². The van der Waals surface area contributed by atoms with E-state index < -0.39 is 17.8 Å². The van der Waals surface area contributed by atoms with Crippen LogP contribution in [0.5, 0.6) is 0 Å². The van der Waals surface area contributed by atoms with E-state index in [1.807, 2.05) is 6.08 Å². The Morgan fingerprint density at radius 3 is 2.21 bits per heavy atom. The fourth-order valence-electron chi connectivity index (χ4n) is 2.65. The largest absolute Gasteiger partial charge is 0.481 e. The first-order valence-corrected chi connectivity index (χ1v) is 7.86. The molecule has 0 saturated heterocycles. The summed E-state index contributed by atoms with van der Waals surface area (Å²) in [5.74, 6) is -2.49. The van der Waals surface area contributed by atoms with E-state index in [2.05, 4.69) is 5.32 Å². The Morgan fingerprint density at radius 2 is 1.67 bits per heavy atom. The van der Waals surface area contributed by atoms with Crippen LogP contribution in [0.2, 0.25) is 0 Å². The minimum Gasteiger partial charge on any atom is -0.481 e. The average molecular weight is 330 g/mol. The Kier molecular flexibility index (Phi) is 5.73. The summed E-state index contributed by atoms with van der Waals surface area (Å²) in [7, 11) is 3.41. The van der Waals surface area contributed by atoms with Crippen LogP contribution in [-0.2, 0) is 20.8 Å². The highest BCUT2D eigenvalue weighted by atomic mass is 16.4. The molecule has 0 bridgehead atoms. The Morgan fingerprint density at radius 1 is 1.08 bits per heavy atom. The molecule has 0 fully saturated rings. The first-order valence-electron chi connectivity index (χ1n) is 7.86. The van der Waals surface area contributed by atoms with E-state index in [4.69, 9.17) is 0 Å². The molecule has 0 aromatic heterocycles. The predicted octanol–water partition coefficient (Wildman–Crippen LogP) is 1.92. The van der Waals surface area contributed by atoms with Gasteiger partial charge in [-0.1, -0.05) is 24.3 Å². The van der Waals surface area contributed by atoms with Gasteiger partial charge in [-0.25, -0.2) is 0 Å². The van der Waals surface area contributed by atoms with Crippen molar-refractivity contribution in [1.29, 1.82) is 0 Å². The van der Waals surface area contributed by atoms with E-state index >= 15 is 0 Å². The molecule has 0 saturated carbocycles. The number of hydrogen-bond acceptors (Lipinski definition) is 3. The topological polar surface area (TPSA) is 86.7 Å². The van der Waals surface area contributed by atoms with Gasteiger partial charge in [0.15, 0.2) is 0 Å². The van der Waals surface area contributed by atoms with Crippen molar-refractivity contribution in [3.8, 4) is 0 Å². The van der Waals surface area contributed by atoms with Crippen molar-refractivity contribution < 1.29 is 19.5 Å². The molecule has 0 heterocycles. The van der Waals surface area contributed by atoms with Crippen LogP contribution in [0.3, 0.4) is 0 Å². The molecule has 24 heavy (non-hydrogen) atoms. The fraction of sp³-hybridized carbons (Fsp3) is 0.389. The molecule has 0 aliphatic heterocycles.